The lowest BCUT2D eigenvalue weighted by molar-refractivity contribution is -0.150. The maximum Gasteiger partial charge on any atom is 0.337 e. The van der Waals surface area contributed by atoms with Crippen molar-refractivity contribution in [2.75, 3.05) is 13.7 Å². The largest absolute Gasteiger partial charge is 0.463 e. The van der Waals surface area contributed by atoms with E-state index in [0.29, 0.717) is 11.1 Å². The van der Waals surface area contributed by atoms with Gasteiger partial charge in [-0.15, -0.1) is 0 Å². The van der Waals surface area contributed by atoms with Gasteiger partial charge in [0.15, 0.2) is 0 Å². The van der Waals surface area contributed by atoms with Gasteiger partial charge in [-0.25, -0.2) is 9.59 Å². The van der Waals surface area contributed by atoms with E-state index < -0.39 is 23.5 Å². The maximum atomic E-state index is 12.8. The Hall–Kier alpha value is -2.56. The number of hydrogen-bond donors (Lipinski definition) is 0. The normalized spacial score (nSPS) is 17.3. The van der Waals surface area contributed by atoms with Gasteiger partial charge < -0.3 is 14.4 Å². The Labute approximate surface area is 155 Å². The van der Waals surface area contributed by atoms with Crippen LogP contribution in [0.5, 0.6) is 0 Å². The lowest BCUT2D eigenvalue weighted by Crippen LogP contribution is -2.31. The van der Waals surface area contributed by atoms with E-state index in [9.17, 15) is 9.59 Å². The van der Waals surface area contributed by atoms with Gasteiger partial charge in [-0.3, -0.25) is 0 Å². The molecule has 5 nitrogen and oxygen atoms in total. The zero-order valence-electron chi connectivity index (χ0n) is 16.3. The van der Waals surface area contributed by atoms with Crippen LogP contribution in [0.3, 0.4) is 0 Å². The lowest BCUT2D eigenvalue weighted by Gasteiger charge is -2.30. The Morgan fingerprint density at radius 3 is 2.08 bits per heavy atom. The highest BCUT2D eigenvalue weighted by molar-refractivity contribution is 5.98. The SMILES string of the molecule is CCOC(=O)C1=CN(C)C=C(C(=O)OC(C)(C)C)C1c1ccc(C)cc1. The number of carbonyl (C=O) groups excluding carboxylic acids is 2. The quantitative estimate of drug-likeness (QED) is 0.769. The van der Waals surface area contributed by atoms with Crippen LogP contribution in [0.1, 0.15) is 44.7 Å². The Kier molecular flexibility index (Phi) is 5.90. The smallest absolute Gasteiger partial charge is 0.337 e. The maximum absolute atomic E-state index is 12.8. The average Bonchev–Trinajstić information content (AvgIpc) is 2.53. The van der Waals surface area contributed by atoms with E-state index in [-0.39, 0.29) is 6.61 Å². The highest BCUT2D eigenvalue weighted by Gasteiger charge is 2.36. The Balaban J connectivity index is 2.51. The number of benzene rings is 1. The minimum Gasteiger partial charge on any atom is -0.463 e. The van der Waals surface area contributed by atoms with Crippen molar-refractivity contribution in [3.63, 3.8) is 0 Å². The van der Waals surface area contributed by atoms with Crippen molar-refractivity contribution in [3.8, 4) is 0 Å². The summed E-state index contributed by atoms with van der Waals surface area (Å²) in [6.07, 6.45) is 3.41. The molecule has 1 heterocycles. The van der Waals surface area contributed by atoms with E-state index in [1.807, 2.05) is 52.0 Å². The van der Waals surface area contributed by atoms with Gasteiger partial charge >= 0.3 is 11.9 Å². The molecule has 26 heavy (non-hydrogen) atoms. The number of hydrogen-bond acceptors (Lipinski definition) is 5. The predicted molar refractivity (Wildman–Crippen MR) is 100 cm³/mol. The zero-order chi connectivity index (χ0) is 19.5. The molecule has 2 rings (SSSR count). The molecule has 1 aliphatic rings. The van der Waals surface area contributed by atoms with E-state index in [4.69, 9.17) is 9.47 Å². The summed E-state index contributed by atoms with van der Waals surface area (Å²) in [5.41, 5.74) is 2.16. The molecule has 5 heteroatoms. The molecular weight excluding hydrogens is 330 g/mol. The number of esters is 2. The van der Waals surface area contributed by atoms with Gasteiger partial charge in [0.1, 0.15) is 5.60 Å². The van der Waals surface area contributed by atoms with Crippen LogP contribution in [0.2, 0.25) is 0 Å². The fraction of sp³-hybridized carbons (Fsp3) is 0.429. The molecule has 0 saturated heterocycles. The zero-order valence-corrected chi connectivity index (χ0v) is 16.3. The average molecular weight is 357 g/mol. The second-order valence-electron chi connectivity index (χ2n) is 7.40. The van der Waals surface area contributed by atoms with Crippen LogP contribution < -0.4 is 0 Å². The van der Waals surface area contributed by atoms with E-state index in [1.165, 1.54) is 0 Å². The van der Waals surface area contributed by atoms with Crippen LogP contribution in [0.4, 0.5) is 0 Å². The van der Waals surface area contributed by atoms with Gasteiger partial charge in [0.05, 0.1) is 23.7 Å². The minimum absolute atomic E-state index is 0.270. The summed E-state index contributed by atoms with van der Waals surface area (Å²) in [4.78, 5) is 27.1. The van der Waals surface area contributed by atoms with E-state index in [2.05, 4.69) is 0 Å². The molecule has 1 unspecified atom stereocenters. The predicted octanol–water partition coefficient (Wildman–Crippen LogP) is 3.70. The number of aryl methyl sites for hydroxylation is 1. The third kappa shape index (κ3) is 4.75. The second-order valence-corrected chi connectivity index (χ2v) is 7.40. The first-order valence-electron chi connectivity index (χ1n) is 8.74. The second kappa shape index (κ2) is 7.77. The monoisotopic (exact) mass is 357 g/mol. The van der Waals surface area contributed by atoms with Crippen molar-refractivity contribution in [2.45, 2.75) is 46.1 Å². The van der Waals surface area contributed by atoms with Gasteiger partial charge in [-0.2, -0.15) is 0 Å². The molecule has 0 fully saturated rings. The molecule has 0 aliphatic carbocycles. The third-order valence-corrected chi connectivity index (χ3v) is 3.86. The standard InChI is InChI=1S/C21H27NO4/c1-7-25-19(23)16-12-22(6)13-17(20(24)26-21(3,4)5)18(16)15-10-8-14(2)9-11-15/h8-13,18H,7H2,1-6H3. The van der Waals surface area contributed by atoms with Crippen molar-refractivity contribution in [1.29, 1.82) is 0 Å². The van der Waals surface area contributed by atoms with Crippen molar-refractivity contribution >= 4 is 11.9 Å². The first-order chi connectivity index (χ1) is 12.1. The van der Waals surface area contributed by atoms with Crippen LogP contribution in [0, 0.1) is 6.92 Å². The first-order valence-corrected chi connectivity index (χ1v) is 8.74. The molecule has 1 aromatic carbocycles. The number of carbonyl (C=O) groups is 2. The molecule has 0 amide bonds. The molecule has 1 aliphatic heterocycles. The van der Waals surface area contributed by atoms with Gasteiger partial charge in [0.2, 0.25) is 0 Å². The van der Waals surface area contributed by atoms with Crippen molar-refractivity contribution < 1.29 is 19.1 Å². The van der Waals surface area contributed by atoms with E-state index >= 15 is 0 Å². The molecular formula is C21H27NO4. The van der Waals surface area contributed by atoms with Crippen molar-refractivity contribution in [2.24, 2.45) is 0 Å². The molecule has 0 bridgehead atoms. The van der Waals surface area contributed by atoms with Crippen LogP contribution >= 0.6 is 0 Å². The molecule has 0 saturated carbocycles. The highest BCUT2D eigenvalue weighted by Crippen LogP contribution is 2.37. The summed E-state index contributed by atoms with van der Waals surface area (Å²) in [7, 11) is 1.77. The molecule has 0 N–H and O–H groups in total. The molecule has 1 atom stereocenters. The summed E-state index contributed by atoms with van der Waals surface area (Å²) < 4.78 is 10.8. The summed E-state index contributed by atoms with van der Waals surface area (Å²) in [5, 5.41) is 0. The number of rotatable bonds is 4. The molecule has 0 aromatic heterocycles. The summed E-state index contributed by atoms with van der Waals surface area (Å²) >= 11 is 0. The van der Waals surface area contributed by atoms with Crippen LogP contribution in [0.15, 0.2) is 47.8 Å². The minimum atomic E-state index is -0.625. The van der Waals surface area contributed by atoms with Gasteiger partial charge in [-0.05, 0) is 40.2 Å². The molecule has 140 valence electrons. The lowest BCUT2D eigenvalue weighted by atomic mass is 9.83. The number of ether oxygens (including phenoxy) is 2. The Bertz CT molecular complexity index is 738. The Morgan fingerprint density at radius 2 is 1.58 bits per heavy atom. The summed E-state index contributed by atoms with van der Waals surface area (Å²) in [5.74, 6) is -1.40. The Morgan fingerprint density at radius 1 is 1.04 bits per heavy atom. The topological polar surface area (TPSA) is 55.8 Å². The van der Waals surface area contributed by atoms with Crippen molar-refractivity contribution in [3.05, 3.63) is 58.9 Å². The summed E-state index contributed by atoms with van der Waals surface area (Å²) in [6.45, 7) is 9.48. The summed E-state index contributed by atoms with van der Waals surface area (Å²) in [6, 6.07) is 7.78. The van der Waals surface area contributed by atoms with Crippen LogP contribution in [-0.2, 0) is 19.1 Å². The number of nitrogens with zero attached hydrogens (tertiary/aromatic N) is 1. The van der Waals surface area contributed by atoms with Crippen molar-refractivity contribution in [1.82, 2.24) is 4.90 Å². The molecule has 0 radical (unpaired) electrons. The van der Waals surface area contributed by atoms with Gasteiger partial charge in [0, 0.05) is 19.4 Å². The van der Waals surface area contributed by atoms with Gasteiger partial charge in [0.25, 0.3) is 0 Å². The molecule has 1 aromatic rings. The fourth-order valence-electron chi connectivity index (χ4n) is 2.80. The van der Waals surface area contributed by atoms with Crippen LogP contribution in [-0.4, -0.2) is 36.1 Å². The van der Waals surface area contributed by atoms with Gasteiger partial charge in [-0.1, -0.05) is 29.8 Å². The third-order valence-electron chi connectivity index (χ3n) is 3.86. The van der Waals surface area contributed by atoms with Crippen LogP contribution in [0.25, 0.3) is 0 Å². The van der Waals surface area contributed by atoms with E-state index in [0.717, 1.165) is 11.1 Å². The van der Waals surface area contributed by atoms with E-state index in [1.54, 1.807) is 31.3 Å². The highest BCUT2D eigenvalue weighted by atomic mass is 16.6. The first kappa shape index (κ1) is 19.8. The molecule has 0 spiro atoms. The fourth-order valence-corrected chi connectivity index (χ4v) is 2.80.